The molecule has 0 aromatic heterocycles. The van der Waals surface area contributed by atoms with Crippen molar-refractivity contribution in [1.82, 2.24) is 4.90 Å². The average Bonchev–Trinajstić information content (AvgIpc) is 2.39. The molecule has 0 unspecified atom stereocenters. The Morgan fingerprint density at radius 2 is 2.17 bits per heavy atom. The number of anilines is 1. The molecule has 1 aromatic carbocycles. The number of hydrogen-bond acceptors (Lipinski definition) is 1. The SMILES string of the molecule is CC[NH+]1CCN(C(=S)Nc2cccc(Br)c2)CC1. The Kier molecular flexibility index (Phi) is 4.97. The normalized spacial score (nSPS) is 16.7. The largest absolute Gasteiger partial charge is 0.338 e. The van der Waals surface area contributed by atoms with Crippen molar-refractivity contribution in [1.29, 1.82) is 0 Å². The number of nitrogens with zero attached hydrogens (tertiary/aromatic N) is 1. The highest BCUT2D eigenvalue weighted by Crippen LogP contribution is 2.16. The van der Waals surface area contributed by atoms with Gasteiger partial charge in [-0.1, -0.05) is 22.0 Å². The van der Waals surface area contributed by atoms with Crippen molar-refractivity contribution in [2.45, 2.75) is 6.92 Å². The fourth-order valence-corrected chi connectivity index (χ4v) is 2.85. The Morgan fingerprint density at radius 3 is 2.78 bits per heavy atom. The highest BCUT2D eigenvalue weighted by molar-refractivity contribution is 9.10. The van der Waals surface area contributed by atoms with Gasteiger partial charge in [0.1, 0.15) is 0 Å². The van der Waals surface area contributed by atoms with Crippen LogP contribution in [0.5, 0.6) is 0 Å². The van der Waals surface area contributed by atoms with E-state index in [1.54, 1.807) is 4.90 Å². The Bertz CT molecular complexity index is 416. The molecule has 98 valence electrons. The van der Waals surface area contributed by atoms with Gasteiger partial charge in [0.2, 0.25) is 0 Å². The third-order valence-corrected chi connectivity index (χ3v) is 4.19. The lowest BCUT2D eigenvalue weighted by Crippen LogP contribution is -3.14. The Hall–Kier alpha value is -0.650. The van der Waals surface area contributed by atoms with Crippen molar-refractivity contribution >= 4 is 38.9 Å². The first-order valence-electron chi connectivity index (χ1n) is 6.34. The smallest absolute Gasteiger partial charge is 0.173 e. The number of piperazine rings is 1. The number of halogens is 1. The van der Waals surface area contributed by atoms with E-state index in [0.29, 0.717) is 0 Å². The molecule has 2 rings (SSSR count). The monoisotopic (exact) mass is 328 g/mol. The van der Waals surface area contributed by atoms with Crippen LogP contribution >= 0.6 is 28.1 Å². The summed E-state index contributed by atoms with van der Waals surface area (Å²) < 4.78 is 1.07. The van der Waals surface area contributed by atoms with E-state index in [1.165, 1.54) is 19.6 Å². The Labute approximate surface area is 122 Å². The van der Waals surface area contributed by atoms with E-state index in [4.69, 9.17) is 12.2 Å². The molecular formula is C13H19BrN3S+. The second kappa shape index (κ2) is 6.50. The molecule has 0 radical (unpaired) electrons. The molecule has 18 heavy (non-hydrogen) atoms. The standard InChI is InChI=1S/C13H18BrN3S/c1-2-16-6-8-17(9-7-16)13(18)15-12-5-3-4-11(14)10-12/h3-5,10H,2,6-9H2,1H3,(H,15,18)/p+1. The van der Waals surface area contributed by atoms with Gasteiger partial charge < -0.3 is 15.1 Å². The van der Waals surface area contributed by atoms with E-state index in [2.05, 4.69) is 33.1 Å². The van der Waals surface area contributed by atoms with Crippen LogP contribution in [0.2, 0.25) is 0 Å². The van der Waals surface area contributed by atoms with Gasteiger partial charge in [-0.25, -0.2) is 0 Å². The van der Waals surface area contributed by atoms with Crippen LogP contribution in [0.1, 0.15) is 6.92 Å². The summed E-state index contributed by atoms with van der Waals surface area (Å²) in [5.41, 5.74) is 1.04. The minimum atomic E-state index is 0.836. The molecule has 1 heterocycles. The third kappa shape index (κ3) is 3.67. The van der Waals surface area contributed by atoms with Gasteiger partial charge in [-0.05, 0) is 37.3 Å². The molecule has 0 aliphatic carbocycles. The topological polar surface area (TPSA) is 19.7 Å². The number of quaternary nitrogens is 1. The molecule has 5 heteroatoms. The second-order valence-electron chi connectivity index (χ2n) is 4.53. The van der Waals surface area contributed by atoms with Crippen LogP contribution in [0.15, 0.2) is 28.7 Å². The average molecular weight is 329 g/mol. The zero-order valence-corrected chi connectivity index (χ0v) is 13.0. The number of benzene rings is 1. The van der Waals surface area contributed by atoms with Crippen LogP contribution in [0.25, 0.3) is 0 Å². The van der Waals surface area contributed by atoms with Crippen LogP contribution in [0.3, 0.4) is 0 Å². The van der Waals surface area contributed by atoms with Crippen LogP contribution in [-0.2, 0) is 0 Å². The predicted molar refractivity (Wildman–Crippen MR) is 83.2 cm³/mol. The lowest BCUT2D eigenvalue weighted by molar-refractivity contribution is -0.902. The summed E-state index contributed by atoms with van der Waals surface area (Å²) in [4.78, 5) is 3.92. The molecule has 3 nitrogen and oxygen atoms in total. The van der Waals surface area contributed by atoms with E-state index in [1.807, 2.05) is 24.3 Å². The van der Waals surface area contributed by atoms with Crippen molar-refractivity contribution in [3.8, 4) is 0 Å². The second-order valence-corrected chi connectivity index (χ2v) is 5.83. The molecule has 0 atom stereocenters. The lowest BCUT2D eigenvalue weighted by atomic mass is 10.3. The molecule has 0 spiro atoms. The summed E-state index contributed by atoms with van der Waals surface area (Å²) in [6.07, 6.45) is 0. The summed E-state index contributed by atoms with van der Waals surface area (Å²) in [5.74, 6) is 0. The van der Waals surface area contributed by atoms with Crippen molar-refractivity contribution in [2.24, 2.45) is 0 Å². The van der Waals surface area contributed by atoms with Crippen LogP contribution in [0.4, 0.5) is 5.69 Å². The van der Waals surface area contributed by atoms with Crippen molar-refractivity contribution in [3.63, 3.8) is 0 Å². The fraction of sp³-hybridized carbons (Fsp3) is 0.462. The van der Waals surface area contributed by atoms with Gasteiger partial charge in [0.15, 0.2) is 5.11 Å². The van der Waals surface area contributed by atoms with Gasteiger partial charge >= 0.3 is 0 Å². The molecule has 1 saturated heterocycles. The molecule has 1 aliphatic heterocycles. The van der Waals surface area contributed by atoms with Gasteiger partial charge in [0, 0.05) is 10.2 Å². The maximum atomic E-state index is 5.46. The number of likely N-dealkylation sites (N-methyl/N-ethyl adjacent to an activating group) is 1. The van der Waals surface area contributed by atoms with Gasteiger partial charge in [-0.3, -0.25) is 0 Å². The maximum Gasteiger partial charge on any atom is 0.173 e. The minimum Gasteiger partial charge on any atom is -0.338 e. The molecule has 1 aliphatic rings. The van der Waals surface area contributed by atoms with Crippen molar-refractivity contribution < 1.29 is 4.90 Å². The van der Waals surface area contributed by atoms with Crippen molar-refractivity contribution in [2.75, 3.05) is 38.0 Å². The third-order valence-electron chi connectivity index (χ3n) is 3.33. The molecule has 0 bridgehead atoms. The number of rotatable bonds is 2. The lowest BCUT2D eigenvalue weighted by Gasteiger charge is -2.33. The van der Waals surface area contributed by atoms with Gasteiger partial charge in [-0.2, -0.15) is 0 Å². The van der Waals surface area contributed by atoms with E-state index < -0.39 is 0 Å². The van der Waals surface area contributed by atoms with Gasteiger partial charge in [0.25, 0.3) is 0 Å². The van der Waals surface area contributed by atoms with Crippen LogP contribution < -0.4 is 10.2 Å². The van der Waals surface area contributed by atoms with Crippen molar-refractivity contribution in [3.05, 3.63) is 28.7 Å². The molecule has 2 N–H and O–H groups in total. The number of hydrogen-bond donors (Lipinski definition) is 2. The molecule has 1 fully saturated rings. The number of nitrogens with one attached hydrogen (secondary N) is 2. The van der Waals surface area contributed by atoms with E-state index in [0.717, 1.165) is 28.4 Å². The predicted octanol–water partition coefficient (Wildman–Crippen LogP) is 1.37. The minimum absolute atomic E-state index is 0.836. The zero-order chi connectivity index (χ0) is 13.0. The highest BCUT2D eigenvalue weighted by atomic mass is 79.9. The highest BCUT2D eigenvalue weighted by Gasteiger charge is 2.20. The Balaban J connectivity index is 1.89. The summed E-state index contributed by atoms with van der Waals surface area (Å²) in [6, 6.07) is 8.09. The molecule has 1 aromatic rings. The van der Waals surface area contributed by atoms with Crippen LogP contribution in [0, 0.1) is 0 Å². The molecule has 0 amide bonds. The number of thiocarbonyl (C=S) groups is 1. The maximum absolute atomic E-state index is 5.46. The quantitative estimate of drug-likeness (QED) is 0.800. The summed E-state index contributed by atoms with van der Waals surface area (Å²) in [6.45, 7) is 7.89. The zero-order valence-electron chi connectivity index (χ0n) is 10.6. The van der Waals surface area contributed by atoms with Crippen LogP contribution in [-0.4, -0.2) is 42.7 Å². The fourth-order valence-electron chi connectivity index (χ4n) is 2.15. The van der Waals surface area contributed by atoms with Gasteiger partial charge in [0.05, 0.1) is 32.7 Å². The first kappa shape index (κ1) is 13.8. The summed E-state index contributed by atoms with van der Waals surface area (Å²) in [7, 11) is 0. The van der Waals surface area contributed by atoms with E-state index >= 15 is 0 Å². The molecular weight excluding hydrogens is 310 g/mol. The van der Waals surface area contributed by atoms with E-state index in [-0.39, 0.29) is 0 Å². The van der Waals surface area contributed by atoms with E-state index in [9.17, 15) is 0 Å². The first-order valence-corrected chi connectivity index (χ1v) is 7.54. The first-order chi connectivity index (χ1) is 8.69. The molecule has 0 saturated carbocycles. The van der Waals surface area contributed by atoms with Gasteiger partial charge in [-0.15, -0.1) is 0 Å². The Morgan fingerprint density at radius 1 is 1.44 bits per heavy atom. The summed E-state index contributed by atoms with van der Waals surface area (Å²) >= 11 is 8.93. The summed E-state index contributed by atoms with van der Waals surface area (Å²) in [5, 5.41) is 4.14.